The van der Waals surface area contributed by atoms with Crippen LogP contribution in [0.5, 0.6) is 0 Å². The SMILES string of the molecule is CCNC(=NCC(c1cccc(Cl)c1)N1CCCC1)N1CCS(=O)(=O)C(C)(C)C1.I. The maximum absolute atomic E-state index is 12.4. The molecule has 1 aromatic rings. The van der Waals surface area contributed by atoms with Crippen LogP contribution >= 0.6 is 35.6 Å². The summed E-state index contributed by atoms with van der Waals surface area (Å²) in [6, 6.07) is 8.22. The summed E-state index contributed by atoms with van der Waals surface area (Å²) in [5.74, 6) is 0.954. The molecule has 1 unspecified atom stereocenters. The van der Waals surface area contributed by atoms with Gasteiger partial charge in [-0.2, -0.15) is 0 Å². The first kappa shape index (κ1) is 25.7. The summed E-state index contributed by atoms with van der Waals surface area (Å²) in [5, 5.41) is 4.10. The maximum atomic E-state index is 12.4. The molecule has 3 rings (SSSR count). The molecule has 0 aromatic heterocycles. The van der Waals surface area contributed by atoms with Crippen LogP contribution in [0.25, 0.3) is 0 Å². The molecule has 0 radical (unpaired) electrons. The topological polar surface area (TPSA) is 65.0 Å². The molecule has 1 atom stereocenters. The van der Waals surface area contributed by atoms with Crippen molar-refractivity contribution in [3.05, 3.63) is 34.9 Å². The van der Waals surface area contributed by atoms with Crippen molar-refractivity contribution in [2.45, 2.75) is 44.4 Å². The van der Waals surface area contributed by atoms with Crippen LogP contribution < -0.4 is 5.32 Å². The molecule has 2 heterocycles. The Kier molecular flexibility index (Phi) is 9.27. The van der Waals surface area contributed by atoms with Gasteiger partial charge in [-0.3, -0.25) is 9.89 Å². The Bertz CT molecular complexity index is 841. The third kappa shape index (κ3) is 6.01. The minimum atomic E-state index is -3.08. The molecule has 30 heavy (non-hydrogen) atoms. The smallest absolute Gasteiger partial charge is 0.194 e. The Balaban J connectivity index is 0.00000320. The second-order valence-electron chi connectivity index (χ2n) is 8.51. The summed E-state index contributed by atoms with van der Waals surface area (Å²) in [7, 11) is -3.08. The van der Waals surface area contributed by atoms with E-state index >= 15 is 0 Å². The van der Waals surface area contributed by atoms with Gasteiger partial charge in [-0.05, 0) is 64.4 Å². The van der Waals surface area contributed by atoms with Gasteiger partial charge in [-0.1, -0.05) is 23.7 Å². The summed E-state index contributed by atoms with van der Waals surface area (Å²) in [5.41, 5.74) is 1.18. The molecule has 1 aromatic carbocycles. The third-order valence-electron chi connectivity index (χ3n) is 5.91. The monoisotopic (exact) mass is 568 g/mol. The Hall–Kier alpha value is -0.580. The van der Waals surface area contributed by atoms with Gasteiger partial charge < -0.3 is 10.2 Å². The number of halogens is 2. The molecule has 0 saturated carbocycles. The highest BCUT2D eigenvalue weighted by molar-refractivity contribution is 14.0. The summed E-state index contributed by atoms with van der Waals surface area (Å²) in [6.45, 7) is 10.1. The van der Waals surface area contributed by atoms with Crippen molar-refractivity contribution in [3.8, 4) is 0 Å². The molecule has 2 fully saturated rings. The molecule has 1 N–H and O–H groups in total. The molecular formula is C21H34ClIN4O2S. The van der Waals surface area contributed by atoms with Crippen LogP contribution in [0, 0.1) is 0 Å². The molecule has 0 spiro atoms. The van der Waals surface area contributed by atoms with Crippen molar-refractivity contribution in [1.82, 2.24) is 15.1 Å². The second kappa shape index (κ2) is 10.8. The van der Waals surface area contributed by atoms with E-state index in [2.05, 4.69) is 21.2 Å². The lowest BCUT2D eigenvalue weighted by Crippen LogP contribution is -2.57. The first-order valence-electron chi connectivity index (χ1n) is 10.5. The average molecular weight is 569 g/mol. The fraction of sp³-hybridized carbons (Fsp3) is 0.667. The van der Waals surface area contributed by atoms with Crippen LogP contribution in [0.4, 0.5) is 0 Å². The zero-order valence-corrected chi connectivity index (χ0v) is 22.0. The third-order valence-corrected chi connectivity index (χ3v) is 8.67. The first-order chi connectivity index (χ1) is 13.7. The lowest BCUT2D eigenvalue weighted by Gasteiger charge is -2.39. The van der Waals surface area contributed by atoms with Crippen LogP contribution in [-0.2, 0) is 9.84 Å². The van der Waals surface area contributed by atoms with E-state index in [0.29, 0.717) is 19.6 Å². The van der Waals surface area contributed by atoms with Gasteiger partial charge in [0.05, 0.1) is 23.1 Å². The number of likely N-dealkylation sites (tertiary alicyclic amines) is 1. The number of sulfone groups is 1. The highest BCUT2D eigenvalue weighted by Crippen LogP contribution is 2.28. The summed E-state index contributed by atoms with van der Waals surface area (Å²) < 4.78 is 24.0. The van der Waals surface area contributed by atoms with Gasteiger partial charge in [0.25, 0.3) is 0 Å². The summed E-state index contributed by atoms with van der Waals surface area (Å²) in [4.78, 5) is 9.52. The summed E-state index contributed by atoms with van der Waals surface area (Å²) in [6.07, 6.45) is 2.41. The van der Waals surface area contributed by atoms with E-state index in [0.717, 1.165) is 30.6 Å². The fourth-order valence-corrected chi connectivity index (χ4v) is 5.69. The molecule has 6 nitrogen and oxygen atoms in total. The van der Waals surface area contributed by atoms with Crippen LogP contribution in [-0.4, -0.2) is 73.9 Å². The number of aliphatic imine (C=N–C) groups is 1. The Morgan fingerprint density at radius 3 is 2.57 bits per heavy atom. The Morgan fingerprint density at radius 1 is 1.27 bits per heavy atom. The van der Waals surface area contributed by atoms with Crippen molar-refractivity contribution in [2.24, 2.45) is 4.99 Å². The quantitative estimate of drug-likeness (QED) is 0.334. The predicted octanol–water partition coefficient (Wildman–Crippen LogP) is 3.57. The maximum Gasteiger partial charge on any atom is 0.194 e. The van der Waals surface area contributed by atoms with E-state index in [1.165, 1.54) is 18.4 Å². The largest absolute Gasteiger partial charge is 0.357 e. The molecule has 2 aliphatic rings. The summed E-state index contributed by atoms with van der Waals surface area (Å²) >= 11 is 6.26. The van der Waals surface area contributed by atoms with E-state index in [1.807, 2.05) is 25.1 Å². The van der Waals surface area contributed by atoms with E-state index in [-0.39, 0.29) is 35.8 Å². The van der Waals surface area contributed by atoms with Gasteiger partial charge >= 0.3 is 0 Å². The number of nitrogens with zero attached hydrogens (tertiary/aromatic N) is 3. The van der Waals surface area contributed by atoms with Gasteiger partial charge in [0, 0.05) is 24.7 Å². The normalized spacial score (nSPS) is 22.4. The lowest BCUT2D eigenvalue weighted by molar-refractivity contribution is 0.250. The molecule has 2 saturated heterocycles. The number of nitrogens with one attached hydrogen (secondary N) is 1. The van der Waals surface area contributed by atoms with Gasteiger partial charge in [0.2, 0.25) is 0 Å². The minimum absolute atomic E-state index is 0. The molecule has 170 valence electrons. The van der Waals surface area contributed by atoms with Crippen molar-refractivity contribution < 1.29 is 8.42 Å². The Labute approximate surface area is 203 Å². The zero-order chi connectivity index (χ0) is 21.1. The Morgan fingerprint density at radius 2 is 1.97 bits per heavy atom. The number of hydrogen-bond donors (Lipinski definition) is 1. The van der Waals surface area contributed by atoms with Gasteiger partial charge in [-0.25, -0.2) is 8.42 Å². The van der Waals surface area contributed by atoms with Gasteiger partial charge in [0.1, 0.15) is 0 Å². The van der Waals surface area contributed by atoms with Gasteiger partial charge in [-0.15, -0.1) is 24.0 Å². The highest BCUT2D eigenvalue weighted by Gasteiger charge is 2.41. The van der Waals surface area contributed by atoms with Crippen LogP contribution in [0.3, 0.4) is 0 Å². The first-order valence-corrected chi connectivity index (χ1v) is 12.5. The predicted molar refractivity (Wildman–Crippen MR) is 136 cm³/mol. The van der Waals surface area contributed by atoms with Crippen molar-refractivity contribution in [1.29, 1.82) is 0 Å². The van der Waals surface area contributed by atoms with E-state index in [1.54, 1.807) is 13.8 Å². The molecule has 0 bridgehead atoms. The van der Waals surface area contributed by atoms with E-state index in [4.69, 9.17) is 16.6 Å². The molecule has 0 amide bonds. The van der Waals surface area contributed by atoms with Crippen LogP contribution in [0.2, 0.25) is 5.02 Å². The van der Waals surface area contributed by atoms with Crippen molar-refractivity contribution in [2.75, 3.05) is 45.0 Å². The molecule has 2 aliphatic heterocycles. The second-order valence-corrected chi connectivity index (χ2v) is 11.7. The van der Waals surface area contributed by atoms with Gasteiger partial charge in [0.15, 0.2) is 15.8 Å². The fourth-order valence-electron chi connectivity index (χ4n) is 4.12. The zero-order valence-electron chi connectivity index (χ0n) is 18.1. The lowest BCUT2D eigenvalue weighted by atomic mass is 10.1. The molecule has 9 heteroatoms. The van der Waals surface area contributed by atoms with Crippen molar-refractivity contribution in [3.63, 3.8) is 0 Å². The number of benzene rings is 1. The average Bonchev–Trinajstić information content (AvgIpc) is 3.18. The van der Waals surface area contributed by atoms with Crippen LogP contribution in [0.15, 0.2) is 29.3 Å². The molecule has 0 aliphatic carbocycles. The number of hydrogen-bond acceptors (Lipinski definition) is 4. The van der Waals surface area contributed by atoms with Crippen molar-refractivity contribution >= 4 is 51.4 Å². The number of guanidine groups is 1. The van der Waals surface area contributed by atoms with E-state index < -0.39 is 14.6 Å². The molecular weight excluding hydrogens is 535 g/mol. The standard InChI is InChI=1S/C21H33ClN4O2S.HI/c1-4-23-20(26-12-13-29(27,28)21(2,3)16-26)24-15-19(25-10-5-6-11-25)17-8-7-9-18(22)14-17;/h7-9,14,19H,4-6,10-13,15-16H2,1-3H3,(H,23,24);1H. The number of rotatable bonds is 5. The minimum Gasteiger partial charge on any atom is -0.357 e. The van der Waals surface area contributed by atoms with E-state index in [9.17, 15) is 8.42 Å². The van der Waals surface area contributed by atoms with Crippen LogP contribution in [0.1, 0.15) is 45.2 Å². The highest BCUT2D eigenvalue weighted by atomic mass is 127.